The van der Waals surface area contributed by atoms with Crippen LogP contribution in [0.2, 0.25) is 0 Å². The lowest BCUT2D eigenvalue weighted by atomic mass is 10.0. The fraction of sp³-hybridized carbons (Fsp3) is 0.429. The number of rotatable bonds is 8. The van der Waals surface area contributed by atoms with E-state index in [1.165, 1.54) is 0 Å². The first kappa shape index (κ1) is 25.7. The van der Waals surface area contributed by atoms with Crippen LogP contribution in [0.1, 0.15) is 42.1 Å². The Balaban J connectivity index is 1.42. The molecule has 0 radical (unpaired) electrons. The fourth-order valence-corrected chi connectivity index (χ4v) is 5.44. The van der Waals surface area contributed by atoms with Crippen LogP contribution in [-0.4, -0.2) is 64.1 Å². The van der Waals surface area contributed by atoms with Gasteiger partial charge in [-0.25, -0.2) is 0 Å². The molecule has 5 rings (SSSR count). The minimum atomic E-state index is -0.216. The number of carbonyl (C=O) groups is 2. The maximum absolute atomic E-state index is 13.5. The lowest BCUT2D eigenvalue weighted by Crippen LogP contribution is -2.42. The van der Waals surface area contributed by atoms with Crippen molar-refractivity contribution < 1.29 is 9.59 Å². The number of hydrogen-bond donors (Lipinski definition) is 3. The summed E-state index contributed by atoms with van der Waals surface area (Å²) in [5.41, 5.74) is 4.77. The van der Waals surface area contributed by atoms with Crippen molar-refractivity contribution in [3.63, 3.8) is 0 Å². The number of fused-ring (bicyclic) bond motifs is 2. The Morgan fingerprint density at radius 2 is 1.76 bits per heavy atom. The van der Waals surface area contributed by atoms with Crippen molar-refractivity contribution in [2.45, 2.75) is 38.6 Å². The molecule has 2 aromatic carbocycles. The first-order chi connectivity index (χ1) is 18.4. The predicted molar refractivity (Wildman–Crippen MR) is 151 cm³/mol. The molecule has 0 aliphatic carbocycles. The molecule has 0 atom stereocenters. The van der Waals surface area contributed by atoms with E-state index in [0.29, 0.717) is 35.7 Å². The average Bonchev–Trinajstić information content (AvgIpc) is 3.48. The van der Waals surface area contributed by atoms with Crippen LogP contribution in [-0.2, 0) is 25.3 Å². The summed E-state index contributed by atoms with van der Waals surface area (Å²) in [6.07, 6.45) is 6.98. The molecule has 1 saturated heterocycles. The molecule has 1 fully saturated rings. The molecule has 3 heterocycles. The van der Waals surface area contributed by atoms with Crippen LogP contribution in [0.15, 0.2) is 36.7 Å². The van der Waals surface area contributed by atoms with E-state index in [1.54, 1.807) is 16.4 Å². The number of nitrogens with zero attached hydrogens (tertiary/aromatic N) is 5. The summed E-state index contributed by atoms with van der Waals surface area (Å²) in [7, 11) is 5.38. The molecule has 38 heavy (non-hydrogen) atoms. The van der Waals surface area contributed by atoms with Gasteiger partial charge in [0.25, 0.3) is 5.91 Å². The Morgan fingerprint density at radius 1 is 1.03 bits per heavy atom. The predicted octanol–water partition coefficient (Wildman–Crippen LogP) is 2.97. The number of aromatic nitrogens is 4. The molecule has 0 bridgehead atoms. The van der Waals surface area contributed by atoms with Crippen molar-refractivity contribution in [1.82, 2.24) is 30.2 Å². The molecular weight excluding hydrogens is 480 g/mol. The summed E-state index contributed by atoms with van der Waals surface area (Å²) >= 11 is 0. The maximum Gasteiger partial charge on any atom is 0.257 e. The summed E-state index contributed by atoms with van der Waals surface area (Å²) < 4.78 is 3.52. The molecule has 0 spiro atoms. The van der Waals surface area contributed by atoms with Crippen LogP contribution >= 0.6 is 0 Å². The zero-order valence-electron chi connectivity index (χ0n) is 22.5. The Kier molecular flexibility index (Phi) is 7.33. The Labute approximate surface area is 222 Å². The van der Waals surface area contributed by atoms with Crippen molar-refractivity contribution in [3.05, 3.63) is 47.8 Å². The van der Waals surface area contributed by atoms with Gasteiger partial charge in [0.05, 0.1) is 11.1 Å². The SMILES string of the molecule is CCNC1CCN(c2ccc(C(=O)Nc3cc(CCC(=O)NC)c4nn(C)cc4c3)c3nn(C)cc23)CC1. The standard InChI is InChI=1S/C28H36N8O2/c1-5-30-20-10-12-36(13-11-20)24-8-7-22(27-23(24)17-35(4)33-27)28(38)31-21-14-18(6-9-25(37)29-2)26-19(15-21)16-34(3)32-26/h7-8,14-17,20,30H,5-6,9-13H2,1-4H3,(H,29,37)(H,31,38). The third kappa shape index (κ3) is 5.22. The zero-order chi connectivity index (χ0) is 26.8. The highest BCUT2D eigenvalue weighted by molar-refractivity contribution is 6.14. The highest BCUT2D eigenvalue weighted by Crippen LogP contribution is 2.32. The van der Waals surface area contributed by atoms with Crippen LogP contribution < -0.4 is 20.9 Å². The summed E-state index contributed by atoms with van der Waals surface area (Å²) in [5.74, 6) is -0.251. The molecule has 0 unspecified atom stereocenters. The second-order valence-electron chi connectivity index (χ2n) is 10.0. The normalized spacial score (nSPS) is 14.4. The van der Waals surface area contributed by atoms with Gasteiger partial charge in [0.15, 0.2) is 0 Å². The van der Waals surface area contributed by atoms with Crippen LogP contribution in [0.4, 0.5) is 11.4 Å². The average molecular weight is 517 g/mol. The topological polar surface area (TPSA) is 109 Å². The van der Waals surface area contributed by atoms with Crippen LogP contribution in [0.5, 0.6) is 0 Å². The molecule has 10 heteroatoms. The third-order valence-electron chi connectivity index (χ3n) is 7.30. The number of piperidine rings is 1. The maximum atomic E-state index is 13.5. The van der Waals surface area contributed by atoms with Crippen molar-refractivity contribution in [2.24, 2.45) is 14.1 Å². The Bertz CT molecular complexity index is 1480. The van der Waals surface area contributed by atoms with Crippen molar-refractivity contribution in [3.8, 4) is 0 Å². The van der Waals surface area contributed by atoms with Crippen LogP contribution in [0.3, 0.4) is 0 Å². The number of hydrogen-bond acceptors (Lipinski definition) is 6. The Hall–Kier alpha value is -3.92. The van der Waals surface area contributed by atoms with Crippen molar-refractivity contribution in [1.29, 1.82) is 0 Å². The first-order valence-electron chi connectivity index (χ1n) is 13.3. The smallest absolute Gasteiger partial charge is 0.257 e. The molecule has 1 aliphatic heterocycles. The lowest BCUT2D eigenvalue weighted by Gasteiger charge is -2.34. The van der Waals surface area contributed by atoms with Gasteiger partial charge >= 0.3 is 0 Å². The largest absolute Gasteiger partial charge is 0.371 e. The monoisotopic (exact) mass is 516 g/mol. The first-order valence-corrected chi connectivity index (χ1v) is 13.3. The van der Waals surface area contributed by atoms with Gasteiger partial charge in [0.1, 0.15) is 5.52 Å². The molecule has 0 saturated carbocycles. The number of carbonyl (C=O) groups excluding carboxylic acids is 2. The fourth-order valence-electron chi connectivity index (χ4n) is 5.44. The molecule has 2 aromatic heterocycles. The highest BCUT2D eigenvalue weighted by atomic mass is 16.2. The number of nitrogens with one attached hydrogen (secondary N) is 3. The van der Waals surface area contributed by atoms with E-state index in [0.717, 1.165) is 60.0 Å². The molecule has 10 nitrogen and oxygen atoms in total. The van der Waals surface area contributed by atoms with Gasteiger partial charge in [-0.2, -0.15) is 10.2 Å². The van der Waals surface area contributed by atoms with Crippen molar-refractivity contribution >= 4 is 45.0 Å². The quantitative estimate of drug-likeness (QED) is 0.332. The summed E-state index contributed by atoms with van der Waals surface area (Å²) in [4.78, 5) is 27.8. The molecule has 3 N–H and O–H groups in total. The van der Waals surface area contributed by atoms with Gasteiger partial charge in [0.2, 0.25) is 5.91 Å². The minimum Gasteiger partial charge on any atom is -0.371 e. The summed E-state index contributed by atoms with van der Waals surface area (Å²) in [6.45, 7) is 5.08. The number of aryl methyl sites for hydroxylation is 3. The van der Waals surface area contributed by atoms with E-state index in [9.17, 15) is 9.59 Å². The van der Waals surface area contributed by atoms with E-state index >= 15 is 0 Å². The van der Waals surface area contributed by atoms with Crippen molar-refractivity contribution in [2.75, 3.05) is 36.9 Å². The number of benzene rings is 2. The van der Waals surface area contributed by atoms with Gasteiger partial charge in [-0.15, -0.1) is 0 Å². The van der Waals surface area contributed by atoms with E-state index in [4.69, 9.17) is 0 Å². The lowest BCUT2D eigenvalue weighted by molar-refractivity contribution is -0.120. The second kappa shape index (κ2) is 10.8. The van der Waals surface area contributed by atoms with E-state index in [-0.39, 0.29) is 11.8 Å². The molecular formula is C28H36N8O2. The second-order valence-corrected chi connectivity index (χ2v) is 10.0. The van der Waals surface area contributed by atoms with E-state index in [2.05, 4.69) is 38.0 Å². The van der Waals surface area contributed by atoms with Crippen LogP contribution in [0.25, 0.3) is 21.8 Å². The molecule has 1 aliphatic rings. The number of amides is 2. The Morgan fingerprint density at radius 3 is 2.50 bits per heavy atom. The van der Waals surface area contributed by atoms with Gasteiger partial charge < -0.3 is 20.9 Å². The van der Waals surface area contributed by atoms with E-state index < -0.39 is 0 Å². The zero-order valence-corrected chi connectivity index (χ0v) is 22.5. The van der Waals surface area contributed by atoms with Gasteiger partial charge in [0, 0.05) is 81.2 Å². The van der Waals surface area contributed by atoms with Crippen LogP contribution in [0, 0.1) is 0 Å². The molecule has 200 valence electrons. The van der Waals surface area contributed by atoms with Gasteiger partial charge in [-0.3, -0.25) is 19.0 Å². The van der Waals surface area contributed by atoms with Gasteiger partial charge in [-0.05, 0) is 55.6 Å². The van der Waals surface area contributed by atoms with Gasteiger partial charge in [-0.1, -0.05) is 6.92 Å². The molecule has 4 aromatic rings. The van der Waals surface area contributed by atoms with E-state index in [1.807, 2.05) is 50.8 Å². The third-order valence-corrected chi connectivity index (χ3v) is 7.30. The summed E-state index contributed by atoms with van der Waals surface area (Å²) in [5, 5.41) is 20.4. The minimum absolute atomic E-state index is 0.0352. The molecule has 2 amide bonds. The highest BCUT2D eigenvalue weighted by Gasteiger charge is 2.23. The number of anilines is 2. The summed E-state index contributed by atoms with van der Waals surface area (Å²) in [6, 6.07) is 8.32.